The van der Waals surface area contributed by atoms with Crippen molar-refractivity contribution in [3.8, 4) is 17.0 Å². The molecule has 0 saturated heterocycles. The van der Waals surface area contributed by atoms with Crippen molar-refractivity contribution in [2.24, 2.45) is 0 Å². The van der Waals surface area contributed by atoms with Crippen LogP contribution in [0.4, 0.5) is 0 Å². The molecule has 0 amide bonds. The first kappa shape index (κ1) is 33.6. The molecule has 0 N–H and O–H groups in total. The van der Waals surface area contributed by atoms with Crippen LogP contribution < -0.4 is 31.8 Å². The van der Waals surface area contributed by atoms with Gasteiger partial charge in [0, 0.05) is 5.30 Å². The summed E-state index contributed by atoms with van der Waals surface area (Å²) in [6.45, 7) is 0. The van der Waals surface area contributed by atoms with Crippen LogP contribution in [0.1, 0.15) is 16.7 Å². The van der Waals surface area contributed by atoms with Gasteiger partial charge in [0.1, 0.15) is 15.9 Å². The average molecular weight is 834 g/mol. The Hall–Kier alpha value is -4.30. The van der Waals surface area contributed by atoms with Gasteiger partial charge in [0.05, 0.1) is 7.92 Å². The molecule has 7 aromatic carbocycles. The molecule has 0 unspecified atom stereocenters. The summed E-state index contributed by atoms with van der Waals surface area (Å²) < 4.78 is 0. The maximum atomic E-state index is 7.14. The van der Waals surface area contributed by atoms with Gasteiger partial charge >= 0.3 is 22.4 Å². The maximum absolute atomic E-state index is 7.14. The first-order chi connectivity index (χ1) is 23.3. The fourth-order valence-electron chi connectivity index (χ4n) is 6.35. The minimum Gasteiger partial charge on any atom is -0.366 e. The normalized spacial score (nSPS) is 11.0. The number of fused-ring (bicyclic) bond motifs is 3. The van der Waals surface area contributed by atoms with Crippen molar-refractivity contribution >= 4 is 47.7 Å². The second-order valence-corrected chi connectivity index (χ2v) is 16.1. The van der Waals surface area contributed by atoms with Gasteiger partial charge in [-0.15, -0.1) is 17.7 Å². The van der Waals surface area contributed by atoms with E-state index in [2.05, 4.69) is 182 Å². The first-order valence-corrected chi connectivity index (χ1v) is 18.8. The minimum absolute atomic E-state index is 0. The Kier molecular flexibility index (Phi) is 11.3. The van der Waals surface area contributed by atoms with E-state index in [0.29, 0.717) is 0 Å². The van der Waals surface area contributed by atoms with E-state index in [4.69, 9.17) is 6.42 Å². The van der Waals surface area contributed by atoms with Gasteiger partial charge in [0.2, 0.25) is 0 Å². The fourth-order valence-corrected chi connectivity index (χ4v) is 12.0. The van der Waals surface area contributed by atoms with E-state index in [1.165, 1.54) is 54.1 Å². The van der Waals surface area contributed by atoms with E-state index < -0.39 is 15.8 Å². The van der Waals surface area contributed by atoms with Crippen molar-refractivity contribution in [3.05, 3.63) is 211 Å². The summed E-state index contributed by atoms with van der Waals surface area (Å²) >= 11 is 0. The van der Waals surface area contributed by atoms with Crippen molar-refractivity contribution in [2.75, 3.05) is 0 Å². The van der Waals surface area contributed by atoms with Crippen LogP contribution in [-0.4, -0.2) is 0 Å². The first-order valence-electron chi connectivity index (χ1n) is 15.9. The van der Waals surface area contributed by atoms with Gasteiger partial charge in [-0.05, 0) is 83.6 Å². The molecule has 1 aliphatic carbocycles. The maximum Gasteiger partial charge on any atom is 1.00 e. The van der Waals surface area contributed by atoms with Gasteiger partial charge in [0.15, 0.2) is 0 Å². The van der Waals surface area contributed by atoms with Gasteiger partial charge in [-0.3, -0.25) is 5.92 Å². The van der Waals surface area contributed by atoms with Crippen molar-refractivity contribution in [2.45, 2.75) is 6.42 Å². The molecule has 0 atom stereocenters. The zero-order valence-corrected chi connectivity index (χ0v) is 30.4. The molecule has 0 radical (unpaired) electrons. The van der Waals surface area contributed by atoms with Crippen molar-refractivity contribution < 1.29 is 22.4 Å². The van der Waals surface area contributed by atoms with E-state index in [-0.39, 0.29) is 22.4 Å². The second-order valence-electron chi connectivity index (χ2n) is 11.5. The van der Waals surface area contributed by atoms with Crippen LogP contribution in [0.2, 0.25) is 0 Å². The summed E-state index contributed by atoms with van der Waals surface area (Å²) in [7, 11) is -1.80. The van der Waals surface area contributed by atoms with Crippen LogP contribution in [0, 0.1) is 12.3 Å². The van der Waals surface area contributed by atoms with E-state index in [9.17, 15) is 0 Å². The average Bonchev–Trinajstić information content (AvgIpc) is 3.53. The van der Waals surface area contributed by atoms with Crippen LogP contribution in [-0.2, 0) is 28.8 Å². The smallest absolute Gasteiger partial charge is 0.366 e. The minimum atomic E-state index is -1.15. The molecule has 7 aromatic rings. The molecule has 0 fully saturated rings. The summed E-state index contributed by atoms with van der Waals surface area (Å²) in [5.74, 6) is 2.44. The standard InChI is InChI=1S/C30H24P2.C15H9.Au/c1-5-15-25(16-6-1)31(26-17-7-2-8-18-26)29-23-13-14-24-30(29)32(27-19-9-3-10-20-27)28-21-11-4-12-22-28;1-2-11-7-8-13-10-12-5-3-4-6-14(12)15(13)9-11;/h1-24H;3-9H,10H2;/q;-1;+1/p+1. The molecule has 0 spiro atoms. The molecule has 234 valence electrons. The molecule has 0 nitrogen and oxygen atoms in total. The molecule has 48 heavy (non-hydrogen) atoms. The Morgan fingerprint density at radius 3 is 1.54 bits per heavy atom. The largest absolute Gasteiger partial charge is 1.00 e. The van der Waals surface area contributed by atoms with Crippen LogP contribution in [0.25, 0.3) is 11.1 Å². The quantitative estimate of drug-likeness (QED) is 0.0688. The third-order valence-corrected chi connectivity index (χ3v) is 14.0. The fraction of sp³-hybridized carbons (Fsp3) is 0.0222. The number of hydrogen-bond acceptors (Lipinski definition) is 0. The van der Waals surface area contributed by atoms with Gasteiger partial charge in [0.25, 0.3) is 0 Å². The summed E-state index contributed by atoms with van der Waals surface area (Å²) in [4.78, 5) is 0. The van der Waals surface area contributed by atoms with Gasteiger partial charge in [-0.25, -0.2) is 0 Å². The SMILES string of the molecule is [Au+].[C-]#Cc1ccc2c(c1)-c1ccccc1C2.c1ccc(P(c2ccccc2)c2ccccc2[PH+](c2ccccc2)c2ccccc2)cc1. The molecule has 0 aliphatic heterocycles. The van der Waals surface area contributed by atoms with Crippen LogP contribution in [0.3, 0.4) is 0 Å². The Bertz CT molecular complexity index is 1940. The Morgan fingerprint density at radius 1 is 0.479 bits per heavy atom. The molecule has 0 bridgehead atoms. The Balaban J connectivity index is 0.000000209. The van der Waals surface area contributed by atoms with E-state index in [1.54, 1.807) is 0 Å². The summed E-state index contributed by atoms with van der Waals surface area (Å²) in [5.41, 5.74) is 6.17. The molecule has 1 aliphatic rings. The summed E-state index contributed by atoms with van der Waals surface area (Å²) in [6, 6.07) is 67.8. The predicted octanol–water partition coefficient (Wildman–Crippen LogP) is 8.13. The summed E-state index contributed by atoms with van der Waals surface area (Å²) in [5, 5.41) is 8.57. The predicted molar refractivity (Wildman–Crippen MR) is 206 cm³/mol. The third kappa shape index (κ3) is 7.39. The monoisotopic (exact) mass is 833 g/mol. The number of rotatable bonds is 6. The summed E-state index contributed by atoms with van der Waals surface area (Å²) in [6.07, 6.45) is 8.16. The number of hydrogen-bond donors (Lipinski definition) is 0. The van der Waals surface area contributed by atoms with Crippen molar-refractivity contribution in [1.29, 1.82) is 0 Å². The Labute approximate surface area is 303 Å². The second kappa shape index (κ2) is 16.2. The van der Waals surface area contributed by atoms with Crippen molar-refractivity contribution in [3.63, 3.8) is 0 Å². The molecular weight excluding hydrogens is 799 g/mol. The third-order valence-electron chi connectivity index (χ3n) is 8.51. The van der Waals surface area contributed by atoms with Crippen LogP contribution in [0.15, 0.2) is 188 Å². The Morgan fingerprint density at radius 2 is 0.958 bits per heavy atom. The van der Waals surface area contributed by atoms with Crippen LogP contribution >= 0.6 is 15.8 Å². The molecule has 3 heteroatoms. The molecule has 0 saturated carbocycles. The van der Waals surface area contributed by atoms with Crippen LogP contribution in [0.5, 0.6) is 0 Å². The zero-order chi connectivity index (χ0) is 31.8. The van der Waals surface area contributed by atoms with E-state index in [1.807, 2.05) is 12.1 Å². The zero-order valence-electron chi connectivity index (χ0n) is 26.4. The molecule has 8 rings (SSSR count). The molecular formula is C45H34AuP2+. The van der Waals surface area contributed by atoms with Gasteiger partial charge in [-0.1, -0.05) is 140 Å². The molecule has 0 aromatic heterocycles. The topological polar surface area (TPSA) is 0 Å². The van der Waals surface area contributed by atoms with Crippen molar-refractivity contribution in [1.82, 2.24) is 0 Å². The number of benzene rings is 7. The van der Waals surface area contributed by atoms with Gasteiger partial charge < -0.3 is 6.42 Å². The van der Waals surface area contributed by atoms with E-state index >= 15 is 0 Å². The van der Waals surface area contributed by atoms with E-state index in [0.717, 1.165) is 12.0 Å². The van der Waals surface area contributed by atoms with Gasteiger partial charge in [-0.2, -0.15) is 0 Å². The molecule has 0 heterocycles.